The zero-order valence-electron chi connectivity index (χ0n) is 19.3. The predicted molar refractivity (Wildman–Crippen MR) is 122 cm³/mol. The lowest BCUT2D eigenvalue weighted by Gasteiger charge is -2.26. The fourth-order valence-electron chi connectivity index (χ4n) is 3.89. The molecule has 7 nitrogen and oxygen atoms in total. The van der Waals surface area contributed by atoms with Crippen LogP contribution in [0.2, 0.25) is 0 Å². The van der Waals surface area contributed by atoms with Gasteiger partial charge in [0.25, 0.3) is 0 Å². The molecule has 1 fully saturated rings. The van der Waals surface area contributed by atoms with Gasteiger partial charge in [-0.25, -0.2) is 4.68 Å². The van der Waals surface area contributed by atoms with E-state index < -0.39 is 0 Å². The molecular formula is C24H34N4O3. The summed E-state index contributed by atoms with van der Waals surface area (Å²) in [6.45, 7) is 6.26. The van der Waals surface area contributed by atoms with Crippen LogP contribution in [0.15, 0.2) is 30.3 Å². The van der Waals surface area contributed by atoms with Crippen LogP contribution in [0.1, 0.15) is 58.6 Å². The minimum Gasteiger partial charge on any atom is -0.497 e. The molecule has 0 saturated heterocycles. The molecule has 0 radical (unpaired) electrons. The second-order valence-electron chi connectivity index (χ2n) is 9.35. The second kappa shape index (κ2) is 9.54. The maximum atomic E-state index is 12.8. The Morgan fingerprint density at radius 1 is 1.16 bits per heavy atom. The summed E-state index contributed by atoms with van der Waals surface area (Å²) in [5.74, 6) is 1.21. The van der Waals surface area contributed by atoms with Crippen LogP contribution >= 0.6 is 0 Å². The van der Waals surface area contributed by atoms with Crippen molar-refractivity contribution in [1.29, 1.82) is 0 Å². The van der Waals surface area contributed by atoms with Crippen LogP contribution in [0.3, 0.4) is 0 Å². The number of amides is 2. The SMILES string of the molecule is COc1ccc(-n2nc(C(C)(C)C)cc2NC(=O)CN(C)C(=O)C2CCCCC2)cc1. The summed E-state index contributed by atoms with van der Waals surface area (Å²) in [4.78, 5) is 27.0. The van der Waals surface area contributed by atoms with Crippen molar-refractivity contribution >= 4 is 17.6 Å². The number of hydrogen-bond donors (Lipinski definition) is 1. The van der Waals surface area contributed by atoms with E-state index in [1.165, 1.54) is 6.42 Å². The highest BCUT2D eigenvalue weighted by Gasteiger charge is 2.26. The lowest BCUT2D eigenvalue weighted by molar-refractivity contribution is -0.137. The Morgan fingerprint density at radius 3 is 2.39 bits per heavy atom. The van der Waals surface area contributed by atoms with Crippen LogP contribution in [0.25, 0.3) is 5.69 Å². The molecule has 0 unspecified atom stereocenters. The van der Waals surface area contributed by atoms with Crippen LogP contribution in [0.4, 0.5) is 5.82 Å². The molecule has 1 N–H and O–H groups in total. The van der Waals surface area contributed by atoms with E-state index in [2.05, 4.69) is 26.1 Å². The Hall–Kier alpha value is -2.83. The molecule has 1 saturated carbocycles. The van der Waals surface area contributed by atoms with Crippen LogP contribution in [-0.2, 0) is 15.0 Å². The van der Waals surface area contributed by atoms with Crippen LogP contribution < -0.4 is 10.1 Å². The third-order valence-electron chi connectivity index (χ3n) is 5.77. The summed E-state index contributed by atoms with van der Waals surface area (Å²) >= 11 is 0. The first kappa shape index (κ1) is 22.8. The van der Waals surface area contributed by atoms with Gasteiger partial charge in [0.1, 0.15) is 11.6 Å². The Labute approximate surface area is 184 Å². The summed E-state index contributed by atoms with van der Waals surface area (Å²) in [6.07, 6.45) is 5.22. The highest BCUT2D eigenvalue weighted by Crippen LogP contribution is 2.28. The zero-order chi connectivity index (χ0) is 22.6. The summed E-state index contributed by atoms with van der Waals surface area (Å²) in [6, 6.07) is 9.40. The highest BCUT2D eigenvalue weighted by molar-refractivity contribution is 5.94. The van der Waals surface area contributed by atoms with Crippen molar-refractivity contribution in [2.75, 3.05) is 26.0 Å². The number of carbonyl (C=O) groups excluding carboxylic acids is 2. The van der Waals surface area contributed by atoms with E-state index in [0.717, 1.165) is 42.8 Å². The molecule has 0 spiro atoms. The summed E-state index contributed by atoms with van der Waals surface area (Å²) in [7, 11) is 3.33. The number of nitrogens with zero attached hydrogens (tertiary/aromatic N) is 3. The minimum absolute atomic E-state index is 0.0218. The van der Waals surface area contributed by atoms with Crippen molar-refractivity contribution in [2.24, 2.45) is 5.92 Å². The van der Waals surface area contributed by atoms with Crippen molar-refractivity contribution in [3.63, 3.8) is 0 Å². The van der Waals surface area contributed by atoms with Gasteiger partial charge in [0.15, 0.2) is 0 Å². The van der Waals surface area contributed by atoms with Crippen molar-refractivity contribution in [3.05, 3.63) is 36.0 Å². The van der Waals surface area contributed by atoms with Crippen LogP contribution in [0, 0.1) is 5.92 Å². The van der Waals surface area contributed by atoms with Gasteiger partial charge >= 0.3 is 0 Å². The summed E-state index contributed by atoms with van der Waals surface area (Å²) < 4.78 is 6.96. The minimum atomic E-state index is -0.234. The van der Waals surface area contributed by atoms with Gasteiger partial charge in [-0.1, -0.05) is 40.0 Å². The van der Waals surface area contributed by atoms with Gasteiger partial charge in [-0.2, -0.15) is 5.10 Å². The molecule has 2 amide bonds. The molecule has 0 bridgehead atoms. The molecular weight excluding hydrogens is 392 g/mol. The zero-order valence-corrected chi connectivity index (χ0v) is 19.3. The first-order chi connectivity index (χ1) is 14.7. The number of likely N-dealkylation sites (N-methyl/N-ethyl adjacent to an activating group) is 1. The van der Waals surface area contributed by atoms with Gasteiger partial charge in [0.2, 0.25) is 11.8 Å². The molecule has 0 aliphatic heterocycles. The van der Waals surface area contributed by atoms with Crippen LogP contribution in [0.5, 0.6) is 5.75 Å². The van der Waals surface area contributed by atoms with Gasteiger partial charge in [-0.05, 0) is 37.1 Å². The topological polar surface area (TPSA) is 76.5 Å². The van der Waals surface area contributed by atoms with E-state index >= 15 is 0 Å². The van der Waals surface area contributed by atoms with Gasteiger partial charge in [-0.15, -0.1) is 0 Å². The second-order valence-corrected chi connectivity index (χ2v) is 9.35. The highest BCUT2D eigenvalue weighted by atomic mass is 16.5. The molecule has 1 aromatic heterocycles. The third kappa shape index (κ3) is 5.66. The summed E-state index contributed by atoms with van der Waals surface area (Å²) in [5.41, 5.74) is 1.51. The molecule has 1 aliphatic carbocycles. The smallest absolute Gasteiger partial charge is 0.245 e. The van der Waals surface area contributed by atoms with Crippen molar-refractivity contribution in [2.45, 2.75) is 58.3 Å². The Kier molecular flexibility index (Phi) is 7.03. The average molecular weight is 427 g/mol. The molecule has 1 heterocycles. The standard InChI is InChI=1S/C24H34N4O3/c1-24(2,3)20-15-21(28(26-20)18-11-13-19(31-5)14-12-18)25-22(29)16-27(4)23(30)17-9-7-6-8-10-17/h11-15,17H,6-10,16H2,1-5H3,(H,25,29). The number of benzene rings is 1. The van der Waals surface area contributed by atoms with Crippen molar-refractivity contribution < 1.29 is 14.3 Å². The third-order valence-corrected chi connectivity index (χ3v) is 5.77. The number of carbonyl (C=O) groups is 2. The number of ether oxygens (including phenoxy) is 1. The monoisotopic (exact) mass is 426 g/mol. The molecule has 31 heavy (non-hydrogen) atoms. The van der Waals surface area contributed by atoms with Gasteiger partial charge in [0, 0.05) is 24.4 Å². The Morgan fingerprint density at radius 2 is 1.81 bits per heavy atom. The lowest BCUT2D eigenvalue weighted by atomic mass is 9.88. The Bertz CT molecular complexity index is 906. The number of anilines is 1. The molecule has 0 atom stereocenters. The molecule has 7 heteroatoms. The molecule has 168 valence electrons. The average Bonchev–Trinajstić information content (AvgIpc) is 3.18. The predicted octanol–water partition coefficient (Wildman–Crippen LogP) is 4.16. The van der Waals surface area contributed by atoms with E-state index in [4.69, 9.17) is 9.84 Å². The van der Waals surface area contributed by atoms with Gasteiger partial charge in [-0.3, -0.25) is 9.59 Å². The lowest BCUT2D eigenvalue weighted by Crippen LogP contribution is -2.39. The number of nitrogens with one attached hydrogen (secondary N) is 1. The van der Waals surface area contributed by atoms with Gasteiger partial charge in [0.05, 0.1) is 25.0 Å². The molecule has 1 aromatic carbocycles. The largest absolute Gasteiger partial charge is 0.497 e. The fraction of sp³-hybridized carbons (Fsp3) is 0.542. The number of aromatic nitrogens is 2. The first-order valence-electron chi connectivity index (χ1n) is 11.0. The van der Waals surface area contributed by atoms with E-state index in [-0.39, 0.29) is 29.7 Å². The van der Waals surface area contributed by atoms with E-state index in [0.29, 0.717) is 5.82 Å². The molecule has 1 aliphatic rings. The number of hydrogen-bond acceptors (Lipinski definition) is 4. The normalized spacial score (nSPS) is 14.9. The van der Waals surface area contributed by atoms with E-state index in [1.54, 1.807) is 23.7 Å². The van der Waals surface area contributed by atoms with E-state index in [1.807, 2.05) is 30.3 Å². The maximum Gasteiger partial charge on any atom is 0.245 e. The number of methoxy groups -OCH3 is 1. The Balaban J connectivity index is 1.76. The van der Waals surface area contributed by atoms with Crippen molar-refractivity contribution in [1.82, 2.24) is 14.7 Å². The molecule has 3 rings (SSSR count). The maximum absolute atomic E-state index is 12.8. The van der Waals surface area contributed by atoms with Crippen molar-refractivity contribution in [3.8, 4) is 11.4 Å². The first-order valence-corrected chi connectivity index (χ1v) is 11.0. The quantitative estimate of drug-likeness (QED) is 0.753. The van der Waals surface area contributed by atoms with Crippen LogP contribution in [-0.4, -0.2) is 47.2 Å². The van der Waals surface area contributed by atoms with Gasteiger partial charge < -0.3 is 15.0 Å². The van der Waals surface area contributed by atoms with E-state index in [9.17, 15) is 9.59 Å². The fourth-order valence-corrected chi connectivity index (χ4v) is 3.89. The number of rotatable bonds is 6. The molecule has 2 aromatic rings. The summed E-state index contributed by atoms with van der Waals surface area (Å²) in [5, 5.41) is 7.68.